The van der Waals surface area contributed by atoms with Gasteiger partial charge in [0.1, 0.15) is 11.6 Å². The lowest BCUT2D eigenvalue weighted by Gasteiger charge is -2.06. The summed E-state index contributed by atoms with van der Waals surface area (Å²) in [6, 6.07) is 10.1. The molecule has 3 aromatic rings. The molecule has 0 unspecified atom stereocenters. The van der Waals surface area contributed by atoms with Crippen molar-refractivity contribution in [3.8, 4) is 6.07 Å². The smallest absolute Gasteiger partial charge is 0.189 e. The molecule has 0 aliphatic carbocycles. The minimum atomic E-state index is 0.453. The van der Waals surface area contributed by atoms with Crippen molar-refractivity contribution in [3.05, 3.63) is 41.1 Å². The Labute approximate surface area is 119 Å². The average molecular weight is 281 g/mol. The lowest BCUT2D eigenvalue weighted by Crippen LogP contribution is -2.03. The van der Waals surface area contributed by atoms with Crippen molar-refractivity contribution < 1.29 is 0 Å². The summed E-state index contributed by atoms with van der Waals surface area (Å²) in [6.07, 6.45) is 0. The van der Waals surface area contributed by atoms with E-state index in [4.69, 9.17) is 0 Å². The van der Waals surface area contributed by atoms with Gasteiger partial charge in [-0.3, -0.25) is 0 Å². The number of rotatable bonds is 2. The van der Waals surface area contributed by atoms with Gasteiger partial charge in [0.2, 0.25) is 0 Å². The molecule has 1 N–H and O–H groups in total. The summed E-state index contributed by atoms with van der Waals surface area (Å²) in [6.45, 7) is 3.71. The summed E-state index contributed by atoms with van der Waals surface area (Å²) < 4.78 is 1.09. The highest BCUT2D eigenvalue weighted by Crippen LogP contribution is 2.29. The summed E-state index contributed by atoms with van der Waals surface area (Å²) in [5.41, 5.74) is 3.04. The van der Waals surface area contributed by atoms with Crippen molar-refractivity contribution in [2.24, 2.45) is 0 Å². The molecule has 0 radical (unpaired) electrons. The number of nitrogens with zero attached hydrogens (tertiary/aromatic N) is 4. The number of anilines is 2. The number of fused-ring (bicyclic) bond motifs is 1. The lowest BCUT2D eigenvalue weighted by atomic mass is 10.1. The van der Waals surface area contributed by atoms with Gasteiger partial charge in [-0.2, -0.15) is 10.4 Å². The molecule has 0 bridgehead atoms. The second kappa shape index (κ2) is 4.87. The first-order valence-corrected chi connectivity index (χ1v) is 6.87. The van der Waals surface area contributed by atoms with E-state index in [1.54, 1.807) is 0 Å². The minimum absolute atomic E-state index is 0.453. The van der Waals surface area contributed by atoms with E-state index in [0.29, 0.717) is 16.5 Å². The standard InChI is InChI=1S/C14H11N5S/c1-8-9(2)18-19-13(10(8)7-15)17-14-16-11-5-3-4-6-12(11)20-14/h3-6H,1-2H3,(H,16,17,19). The molecule has 0 aliphatic heterocycles. The van der Waals surface area contributed by atoms with Crippen LogP contribution < -0.4 is 5.32 Å². The fraction of sp³-hybridized carbons (Fsp3) is 0.143. The largest absolute Gasteiger partial charge is 0.314 e. The van der Waals surface area contributed by atoms with E-state index < -0.39 is 0 Å². The molecule has 3 rings (SSSR count). The Morgan fingerprint density at radius 2 is 2.00 bits per heavy atom. The number of thiazole rings is 1. The van der Waals surface area contributed by atoms with Crippen LogP contribution in [-0.4, -0.2) is 15.2 Å². The first kappa shape index (κ1) is 12.5. The highest BCUT2D eigenvalue weighted by Gasteiger charge is 2.12. The van der Waals surface area contributed by atoms with Crippen LogP contribution in [0.15, 0.2) is 24.3 Å². The minimum Gasteiger partial charge on any atom is -0.314 e. The number of para-hydroxylation sites is 1. The van der Waals surface area contributed by atoms with Gasteiger partial charge in [0.15, 0.2) is 10.9 Å². The molecule has 0 atom stereocenters. The SMILES string of the molecule is Cc1nnc(Nc2nc3ccccc3s2)c(C#N)c1C. The Kier molecular flexibility index (Phi) is 3.05. The molecule has 1 aromatic carbocycles. The zero-order valence-electron chi connectivity index (χ0n) is 11.0. The second-order valence-electron chi connectivity index (χ2n) is 4.36. The van der Waals surface area contributed by atoms with Crippen LogP contribution in [0.3, 0.4) is 0 Å². The highest BCUT2D eigenvalue weighted by molar-refractivity contribution is 7.22. The molecular weight excluding hydrogens is 270 g/mol. The normalized spacial score (nSPS) is 10.4. The van der Waals surface area contributed by atoms with Crippen LogP contribution in [-0.2, 0) is 0 Å². The number of nitrogens with one attached hydrogen (secondary N) is 1. The number of aryl methyl sites for hydroxylation is 1. The van der Waals surface area contributed by atoms with Crippen molar-refractivity contribution in [3.63, 3.8) is 0 Å². The molecule has 6 heteroatoms. The molecule has 0 fully saturated rings. The molecule has 0 saturated carbocycles. The van der Waals surface area contributed by atoms with Gasteiger partial charge >= 0.3 is 0 Å². The molecule has 0 amide bonds. The lowest BCUT2D eigenvalue weighted by molar-refractivity contribution is 0.960. The van der Waals surface area contributed by atoms with Gasteiger partial charge in [-0.15, -0.1) is 5.10 Å². The van der Waals surface area contributed by atoms with Crippen molar-refractivity contribution in [2.45, 2.75) is 13.8 Å². The van der Waals surface area contributed by atoms with Crippen LogP contribution in [0.5, 0.6) is 0 Å². The Hall–Kier alpha value is -2.52. The van der Waals surface area contributed by atoms with E-state index in [1.165, 1.54) is 11.3 Å². The zero-order valence-corrected chi connectivity index (χ0v) is 11.8. The summed E-state index contributed by atoms with van der Waals surface area (Å²) in [7, 11) is 0. The van der Waals surface area contributed by atoms with Crippen LogP contribution in [0.2, 0.25) is 0 Å². The monoisotopic (exact) mass is 281 g/mol. The third-order valence-corrected chi connectivity index (χ3v) is 4.04. The van der Waals surface area contributed by atoms with Crippen molar-refractivity contribution in [1.29, 1.82) is 5.26 Å². The number of aromatic nitrogens is 3. The number of hydrogen-bond donors (Lipinski definition) is 1. The molecule has 2 aromatic heterocycles. The number of nitriles is 1. The molecule has 98 valence electrons. The average Bonchev–Trinajstić information content (AvgIpc) is 2.85. The second-order valence-corrected chi connectivity index (χ2v) is 5.39. The molecule has 0 spiro atoms. The van der Waals surface area contributed by atoms with Crippen molar-refractivity contribution in [1.82, 2.24) is 15.2 Å². The third kappa shape index (κ3) is 2.08. The summed E-state index contributed by atoms with van der Waals surface area (Å²) in [5.74, 6) is 0.453. The molecule has 2 heterocycles. The highest BCUT2D eigenvalue weighted by atomic mass is 32.1. The Bertz CT molecular complexity index is 798. The van der Waals surface area contributed by atoms with E-state index in [-0.39, 0.29) is 0 Å². The summed E-state index contributed by atoms with van der Waals surface area (Å²) in [5, 5.41) is 21.2. The molecule has 20 heavy (non-hydrogen) atoms. The van der Waals surface area contributed by atoms with Crippen LogP contribution in [0.4, 0.5) is 10.9 Å². The molecule has 0 saturated heterocycles. The van der Waals surface area contributed by atoms with Gasteiger partial charge in [-0.25, -0.2) is 4.98 Å². The predicted molar refractivity (Wildman–Crippen MR) is 79.1 cm³/mol. The first-order valence-electron chi connectivity index (χ1n) is 6.05. The summed E-state index contributed by atoms with van der Waals surface area (Å²) >= 11 is 1.52. The number of hydrogen-bond acceptors (Lipinski definition) is 6. The third-order valence-electron chi connectivity index (χ3n) is 3.09. The van der Waals surface area contributed by atoms with E-state index in [1.807, 2.05) is 38.1 Å². The molecular formula is C14H11N5S. The maximum Gasteiger partial charge on any atom is 0.189 e. The Balaban J connectivity index is 2.03. The van der Waals surface area contributed by atoms with Crippen LogP contribution in [0, 0.1) is 25.2 Å². The van der Waals surface area contributed by atoms with E-state index in [2.05, 4.69) is 26.6 Å². The Morgan fingerprint density at radius 3 is 2.75 bits per heavy atom. The first-order chi connectivity index (χ1) is 9.69. The van der Waals surface area contributed by atoms with Gasteiger partial charge in [0, 0.05) is 0 Å². The van der Waals surface area contributed by atoms with Crippen LogP contribution in [0.25, 0.3) is 10.2 Å². The van der Waals surface area contributed by atoms with E-state index in [0.717, 1.165) is 21.5 Å². The van der Waals surface area contributed by atoms with Crippen LogP contribution in [0.1, 0.15) is 16.8 Å². The summed E-state index contributed by atoms with van der Waals surface area (Å²) in [4.78, 5) is 4.47. The maximum absolute atomic E-state index is 9.27. The van der Waals surface area contributed by atoms with Crippen molar-refractivity contribution >= 4 is 32.5 Å². The van der Waals surface area contributed by atoms with Gasteiger partial charge in [-0.05, 0) is 31.5 Å². The molecule has 0 aliphatic rings. The maximum atomic E-state index is 9.27. The van der Waals surface area contributed by atoms with E-state index in [9.17, 15) is 5.26 Å². The fourth-order valence-electron chi connectivity index (χ4n) is 1.86. The van der Waals surface area contributed by atoms with Crippen LogP contribution >= 0.6 is 11.3 Å². The molecule has 5 nitrogen and oxygen atoms in total. The topological polar surface area (TPSA) is 74.5 Å². The predicted octanol–water partition coefficient (Wildman–Crippen LogP) is 3.32. The Morgan fingerprint density at radius 1 is 1.20 bits per heavy atom. The van der Waals surface area contributed by atoms with Gasteiger partial charge in [-0.1, -0.05) is 23.5 Å². The quantitative estimate of drug-likeness (QED) is 0.780. The number of benzene rings is 1. The van der Waals surface area contributed by atoms with Gasteiger partial charge < -0.3 is 5.32 Å². The van der Waals surface area contributed by atoms with Gasteiger partial charge in [0.25, 0.3) is 0 Å². The van der Waals surface area contributed by atoms with Gasteiger partial charge in [0.05, 0.1) is 15.9 Å². The van der Waals surface area contributed by atoms with E-state index >= 15 is 0 Å². The van der Waals surface area contributed by atoms with Crippen molar-refractivity contribution in [2.75, 3.05) is 5.32 Å². The fourth-order valence-corrected chi connectivity index (χ4v) is 2.72. The zero-order chi connectivity index (χ0) is 14.1.